The van der Waals surface area contributed by atoms with Crippen molar-refractivity contribution in [1.29, 1.82) is 0 Å². The smallest absolute Gasteiger partial charge is 0.171 e. The second-order valence-electron chi connectivity index (χ2n) is 7.53. The van der Waals surface area contributed by atoms with E-state index in [0.29, 0.717) is 0 Å². The highest BCUT2D eigenvalue weighted by Crippen LogP contribution is 2.41. The molecule has 148 valence electrons. The predicted molar refractivity (Wildman–Crippen MR) is 111 cm³/mol. The lowest BCUT2D eigenvalue weighted by Crippen LogP contribution is -2.51. The molecule has 2 fully saturated rings. The molecule has 0 aromatic heterocycles. The van der Waals surface area contributed by atoms with Crippen LogP contribution >= 0.6 is 31.9 Å². The van der Waals surface area contributed by atoms with Gasteiger partial charge >= 0.3 is 0 Å². The van der Waals surface area contributed by atoms with Gasteiger partial charge in [0.05, 0.1) is 13.2 Å². The lowest BCUT2D eigenvalue weighted by molar-refractivity contribution is -0.380. The zero-order valence-electron chi connectivity index (χ0n) is 15.7. The second-order valence-corrected chi connectivity index (χ2v) is 9.12. The lowest BCUT2D eigenvalue weighted by atomic mass is 9.95. The van der Waals surface area contributed by atoms with E-state index in [4.69, 9.17) is 14.2 Å². The lowest BCUT2D eigenvalue weighted by Gasteiger charge is -2.47. The van der Waals surface area contributed by atoms with Gasteiger partial charge in [-0.3, -0.25) is 0 Å². The van der Waals surface area contributed by atoms with Crippen molar-refractivity contribution in [1.82, 2.24) is 0 Å². The van der Waals surface area contributed by atoms with Gasteiger partial charge in [-0.25, -0.2) is 0 Å². The predicted octanol–water partition coefficient (Wildman–Crippen LogP) is 6.71. The highest BCUT2D eigenvalue weighted by atomic mass is 79.9. The molecule has 0 spiro atoms. The first-order valence-corrected chi connectivity index (χ1v) is 12.6. The first kappa shape index (κ1) is 22.1. The number of rotatable bonds is 12. The van der Waals surface area contributed by atoms with E-state index >= 15 is 0 Å². The van der Waals surface area contributed by atoms with Crippen molar-refractivity contribution in [3.05, 3.63) is 0 Å². The average Bonchev–Trinajstić information content (AvgIpc) is 2.64. The fourth-order valence-corrected chi connectivity index (χ4v) is 4.77. The van der Waals surface area contributed by atoms with Crippen LogP contribution in [0.5, 0.6) is 0 Å². The Morgan fingerprint density at radius 2 is 1.12 bits per heavy atom. The molecule has 2 aliphatic rings. The Labute approximate surface area is 171 Å². The molecule has 5 heteroatoms. The fourth-order valence-electron chi connectivity index (χ4n) is 3.98. The quantitative estimate of drug-likeness (QED) is 0.228. The molecular weight excluding hydrogens is 448 g/mol. The van der Waals surface area contributed by atoms with Crippen molar-refractivity contribution in [3.8, 4) is 0 Å². The third kappa shape index (κ3) is 7.77. The molecule has 2 atom stereocenters. The molecule has 25 heavy (non-hydrogen) atoms. The van der Waals surface area contributed by atoms with Crippen LogP contribution in [0.4, 0.5) is 0 Å². The molecule has 0 radical (unpaired) electrons. The van der Waals surface area contributed by atoms with E-state index < -0.39 is 11.6 Å². The first-order chi connectivity index (χ1) is 12.2. The molecule has 2 rings (SSSR count). The molecule has 0 bridgehead atoms. The first-order valence-electron chi connectivity index (χ1n) is 10.3. The standard InChI is InChI=1S/C20H36Br2O3/c21-15-7-1-3-11-19(13-5-9-17-23-19)25-20(12-4-2-8-16-22)14-6-10-18-24-20/h1-18H2. The number of unbranched alkanes of at least 4 members (excludes halogenated alkanes) is 4. The van der Waals surface area contributed by atoms with Gasteiger partial charge in [0.2, 0.25) is 0 Å². The Balaban J connectivity index is 1.97. The van der Waals surface area contributed by atoms with E-state index in [2.05, 4.69) is 31.9 Å². The molecule has 0 N–H and O–H groups in total. The van der Waals surface area contributed by atoms with Gasteiger partial charge in [0, 0.05) is 36.3 Å². The van der Waals surface area contributed by atoms with Crippen LogP contribution in [0.2, 0.25) is 0 Å². The summed E-state index contributed by atoms with van der Waals surface area (Å²) in [6.07, 6.45) is 16.1. The minimum atomic E-state index is -0.405. The van der Waals surface area contributed by atoms with Crippen LogP contribution in [0.3, 0.4) is 0 Å². The van der Waals surface area contributed by atoms with E-state index in [1.165, 1.54) is 51.4 Å². The third-order valence-electron chi connectivity index (χ3n) is 5.39. The molecule has 0 aromatic carbocycles. The number of hydrogen-bond donors (Lipinski definition) is 0. The number of hydrogen-bond acceptors (Lipinski definition) is 3. The van der Waals surface area contributed by atoms with Crippen LogP contribution < -0.4 is 0 Å². The summed E-state index contributed by atoms with van der Waals surface area (Å²) >= 11 is 7.06. The molecule has 0 aromatic rings. The summed E-state index contributed by atoms with van der Waals surface area (Å²) < 4.78 is 19.4. The minimum Gasteiger partial charge on any atom is -0.350 e. The van der Waals surface area contributed by atoms with Gasteiger partial charge in [0.25, 0.3) is 0 Å². The van der Waals surface area contributed by atoms with Crippen molar-refractivity contribution in [2.24, 2.45) is 0 Å². The summed E-state index contributed by atoms with van der Waals surface area (Å²) in [5.41, 5.74) is 0. The molecule has 2 saturated heterocycles. The van der Waals surface area contributed by atoms with Gasteiger partial charge in [-0.15, -0.1) is 0 Å². The summed E-state index contributed by atoms with van der Waals surface area (Å²) in [5.74, 6) is -0.811. The van der Waals surface area contributed by atoms with E-state index in [1.807, 2.05) is 0 Å². The average molecular weight is 484 g/mol. The summed E-state index contributed by atoms with van der Waals surface area (Å²) in [4.78, 5) is 0. The van der Waals surface area contributed by atoms with Crippen molar-refractivity contribution < 1.29 is 14.2 Å². The van der Waals surface area contributed by atoms with E-state index in [9.17, 15) is 0 Å². The Kier molecular flexibility index (Phi) is 10.9. The maximum absolute atomic E-state index is 6.80. The van der Waals surface area contributed by atoms with E-state index in [0.717, 1.165) is 62.4 Å². The largest absolute Gasteiger partial charge is 0.350 e. The molecule has 0 aliphatic carbocycles. The highest BCUT2D eigenvalue weighted by molar-refractivity contribution is 9.09. The Hall–Kier alpha value is 0.840. The maximum Gasteiger partial charge on any atom is 0.171 e. The van der Waals surface area contributed by atoms with Gasteiger partial charge in [-0.05, 0) is 51.4 Å². The van der Waals surface area contributed by atoms with Gasteiger partial charge in [0.15, 0.2) is 11.6 Å². The van der Waals surface area contributed by atoms with Crippen molar-refractivity contribution >= 4 is 31.9 Å². The topological polar surface area (TPSA) is 27.7 Å². The monoisotopic (exact) mass is 482 g/mol. The van der Waals surface area contributed by atoms with E-state index in [-0.39, 0.29) is 0 Å². The molecule has 0 amide bonds. The Bertz CT molecular complexity index is 308. The summed E-state index contributed by atoms with van der Waals surface area (Å²) in [6.45, 7) is 1.66. The Morgan fingerprint density at radius 3 is 1.48 bits per heavy atom. The normalized spacial score (nSPS) is 30.5. The van der Waals surface area contributed by atoms with Gasteiger partial charge in [-0.1, -0.05) is 44.7 Å². The van der Waals surface area contributed by atoms with Crippen LogP contribution in [-0.2, 0) is 14.2 Å². The van der Waals surface area contributed by atoms with Crippen molar-refractivity contribution in [2.75, 3.05) is 23.9 Å². The van der Waals surface area contributed by atoms with Crippen LogP contribution in [0.15, 0.2) is 0 Å². The number of ether oxygens (including phenoxy) is 3. The van der Waals surface area contributed by atoms with Crippen LogP contribution in [0.1, 0.15) is 89.9 Å². The van der Waals surface area contributed by atoms with Crippen LogP contribution in [-0.4, -0.2) is 35.4 Å². The molecule has 0 saturated carbocycles. The summed E-state index contributed by atoms with van der Waals surface area (Å²) in [6, 6.07) is 0. The highest BCUT2D eigenvalue weighted by Gasteiger charge is 2.44. The Morgan fingerprint density at radius 1 is 0.640 bits per heavy atom. The van der Waals surface area contributed by atoms with E-state index in [1.54, 1.807) is 0 Å². The third-order valence-corrected chi connectivity index (χ3v) is 6.51. The van der Waals surface area contributed by atoms with Gasteiger partial charge < -0.3 is 14.2 Å². The van der Waals surface area contributed by atoms with Gasteiger partial charge in [0.1, 0.15) is 0 Å². The zero-order valence-corrected chi connectivity index (χ0v) is 18.9. The molecule has 3 nitrogen and oxygen atoms in total. The second kappa shape index (κ2) is 12.3. The molecule has 2 unspecified atom stereocenters. The zero-order chi connectivity index (χ0) is 17.8. The molecule has 2 heterocycles. The number of alkyl halides is 2. The van der Waals surface area contributed by atoms with Crippen LogP contribution in [0, 0.1) is 0 Å². The molecule has 2 aliphatic heterocycles. The van der Waals surface area contributed by atoms with Crippen molar-refractivity contribution in [3.63, 3.8) is 0 Å². The maximum atomic E-state index is 6.80. The number of halogens is 2. The SMILES string of the molecule is BrCCCCCC1(OC2(CCCCCBr)CCCCO2)CCCCO1. The van der Waals surface area contributed by atoms with Gasteiger partial charge in [-0.2, -0.15) is 0 Å². The fraction of sp³-hybridized carbons (Fsp3) is 1.00. The summed E-state index contributed by atoms with van der Waals surface area (Å²) in [7, 11) is 0. The summed E-state index contributed by atoms with van der Waals surface area (Å²) in [5, 5.41) is 2.17. The van der Waals surface area contributed by atoms with Crippen LogP contribution in [0.25, 0.3) is 0 Å². The molecular formula is C20H36Br2O3. The van der Waals surface area contributed by atoms with Crippen molar-refractivity contribution in [2.45, 2.75) is 101 Å². The minimum absolute atomic E-state index is 0.405.